The van der Waals surface area contributed by atoms with Crippen LogP contribution >= 0.6 is 11.3 Å². The van der Waals surface area contributed by atoms with Crippen molar-refractivity contribution in [1.82, 2.24) is 15.3 Å². The quantitative estimate of drug-likeness (QED) is 0.754. The highest BCUT2D eigenvalue weighted by molar-refractivity contribution is 7.13. The fraction of sp³-hybridized carbons (Fsp3) is 0.438. The monoisotopic (exact) mass is 347 g/mol. The minimum atomic E-state index is -0.952. The molecule has 1 atom stereocenters. The number of carbonyl (C=O) groups excluding carboxylic acids is 1. The summed E-state index contributed by atoms with van der Waals surface area (Å²) in [5.41, 5.74) is -0.952. The van der Waals surface area contributed by atoms with E-state index in [4.69, 9.17) is 0 Å². The van der Waals surface area contributed by atoms with Crippen LogP contribution in [0.1, 0.15) is 21.0 Å². The SMILES string of the molecule is CNc1cc(N2CC[C@](O)(CNC(=O)c3ccc(C)s3)C2)ncn1. The molecular weight excluding hydrogens is 326 g/mol. The number of carbonyl (C=O) groups is 1. The molecule has 0 radical (unpaired) electrons. The number of aryl methyl sites for hydroxylation is 1. The van der Waals surface area contributed by atoms with E-state index in [-0.39, 0.29) is 12.5 Å². The zero-order valence-electron chi connectivity index (χ0n) is 13.7. The first-order valence-corrected chi connectivity index (χ1v) is 8.62. The molecule has 0 saturated carbocycles. The van der Waals surface area contributed by atoms with Crippen LogP contribution in [-0.4, -0.2) is 53.3 Å². The first-order chi connectivity index (χ1) is 11.5. The number of aliphatic hydroxyl groups is 1. The van der Waals surface area contributed by atoms with Crippen LogP contribution in [0.15, 0.2) is 24.5 Å². The number of anilines is 2. The fourth-order valence-electron chi connectivity index (χ4n) is 2.74. The van der Waals surface area contributed by atoms with Crippen molar-refractivity contribution in [3.63, 3.8) is 0 Å². The number of aromatic nitrogens is 2. The van der Waals surface area contributed by atoms with Crippen LogP contribution in [-0.2, 0) is 0 Å². The third kappa shape index (κ3) is 3.65. The summed E-state index contributed by atoms with van der Waals surface area (Å²) in [4.78, 5) is 24.3. The van der Waals surface area contributed by atoms with E-state index >= 15 is 0 Å². The van der Waals surface area contributed by atoms with E-state index in [1.165, 1.54) is 17.7 Å². The van der Waals surface area contributed by atoms with Crippen LogP contribution in [0.3, 0.4) is 0 Å². The molecule has 0 bridgehead atoms. The maximum atomic E-state index is 12.1. The second-order valence-electron chi connectivity index (χ2n) is 6.00. The highest BCUT2D eigenvalue weighted by Gasteiger charge is 2.37. The predicted molar refractivity (Wildman–Crippen MR) is 94.7 cm³/mol. The van der Waals surface area contributed by atoms with Crippen LogP contribution in [0.25, 0.3) is 0 Å². The lowest BCUT2D eigenvalue weighted by Gasteiger charge is -2.24. The number of hydrogen-bond acceptors (Lipinski definition) is 7. The molecule has 1 fully saturated rings. The molecular formula is C16H21N5O2S. The number of thiophene rings is 1. The summed E-state index contributed by atoms with van der Waals surface area (Å²) in [6.45, 7) is 3.30. The number of nitrogens with zero attached hydrogens (tertiary/aromatic N) is 3. The highest BCUT2D eigenvalue weighted by atomic mass is 32.1. The van der Waals surface area contributed by atoms with Gasteiger partial charge in [-0.25, -0.2) is 9.97 Å². The van der Waals surface area contributed by atoms with Crippen molar-refractivity contribution in [2.24, 2.45) is 0 Å². The average Bonchev–Trinajstić information content (AvgIpc) is 3.19. The Kier molecular flexibility index (Phi) is 4.68. The molecule has 0 aliphatic carbocycles. The van der Waals surface area contributed by atoms with Crippen molar-refractivity contribution < 1.29 is 9.90 Å². The van der Waals surface area contributed by atoms with Crippen molar-refractivity contribution in [1.29, 1.82) is 0 Å². The minimum absolute atomic E-state index is 0.139. The molecule has 8 heteroatoms. The number of hydrogen-bond donors (Lipinski definition) is 3. The Morgan fingerprint density at radius 3 is 3.00 bits per heavy atom. The first-order valence-electron chi connectivity index (χ1n) is 7.81. The van der Waals surface area contributed by atoms with Gasteiger partial charge in [0, 0.05) is 37.6 Å². The summed E-state index contributed by atoms with van der Waals surface area (Å²) in [5, 5.41) is 16.6. The van der Waals surface area contributed by atoms with Crippen molar-refractivity contribution in [3.05, 3.63) is 34.3 Å². The van der Waals surface area contributed by atoms with Gasteiger partial charge in [-0.1, -0.05) is 0 Å². The largest absolute Gasteiger partial charge is 0.386 e. The Balaban J connectivity index is 1.60. The first kappa shape index (κ1) is 16.7. The third-order valence-corrected chi connectivity index (χ3v) is 5.11. The number of nitrogens with one attached hydrogen (secondary N) is 2. The van der Waals surface area contributed by atoms with E-state index in [0.29, 0.717) is 24.4 Å². The van der Waals surface area contributed by atoms with Gasteiger partial charge in [0.1, 0.15) is 23.6 Å². The average molecular weight is 347 g/mol. The molecule has 3 N–H and O–H groups in total. The summed E-state index contributed by atoms with van der Waals surface area (Å²) < 4.78 is 0. The van der Waals surface area contributed by atoms with Gasteiger partial charge in [0.2, 0.25) is 0 Å². The molecule has 7 nitrogen and oxygen atoms in total. The van der Waals surface area contributed by atoms with Gasteiger partial charge >= 0.3 is 0 Å². The lowest BCUT2D eigenvalue weighted by Crippen LogP contribution is -2.45. The van der Waals surface area contributed by atoms with E-state index in [0.717, 1.165) is 16.5 Å². The van der Waals surface area contributed by atoms with Gasteiger partial charge < -0.3 is 20.6 Å². The summed E-state index contributed by atoms with van der Waals surface area (Å²) in [5.74, 6) is 1.36. The smallest absolute Gasteiger partial charge is 0.261 e. The second-order valence-corrected chi connectivity index (χ2v) is 7.29. The molecule has 2 aromatic heterocycles. The van der Waals surface area contributed by atoms with Gasteiger partial charge in [-0.3, -0.25) is 4.79 Å². The van der Waals surface area contributed by atoms with Crippen LogP contribution in [0.5, 0.6) is 0 Å². The molecule has 1 aliphatic heterocycles. The van der Waals surface area contributed by atoms with Crippen LogP contribution in [0.2, 0.25) is 0 Å². The van der Waals surface area contributed by atoms with Gasteiger partial charge in [-0.15, -0.1) is 11.3 Å². The Labute approximate surface area is 144 Å². The Morgan fingerprint density at radius 2 is 2.29 bits per heavy atom. The van der Waals surface area contributed by atoms with E-state index < -0.39 is 5.60 Å². The minimum Gasteiger partial charge on any atom is -0.386 e. The lowest BCUT2D eigenvalue weighted by molar-refractivity contribution is 0.0577. The van der Waals surface area contributed by atoms with Crippen LogP contribution in [0.4, 0.5) is 11.6 Å². The van der Waals surface area contributed by atoms with E-state index in [9.17, 15) is 9.90 Å². The number of amides is 1. The van der Waals surface area contributed by atoms with Crippen LogP contribution < -0.4 is 15.5 Å². The lowest BCUT2D eigenvalue weighted by atomic mass is 10.0. The molecule has 1 saturated heterocycles. The maximum Gasteiger partial charge on any atom is 0.261 e. The summed E-state index contributed by atoms with van der Waals surface area (Å²) in [6.07, 6.45) is 2.08. The maximum absolute atomic E-state index is 12.1. The zero-order valence-corrected chi connectivity index (χ0v) is 14.6. The number of rotatable bonds is 5. The zero-order chi connectivity index (χ0) is 17.2. The molecule has 3 heterocycles. The molecule has 0 aromatic carbocycles. The molecule has 2 aromatic rings. The molecule has 0 unspecified atom stereocenters. The molecule has 24 heavy (non-hydrogen) atoms. The normalized spacial score (nSPS) is 20.2. The Hall–Kier alpha value is -2.19. The fourth-order valence-corrected chi connectivity index (χ4v) is 3.53. The van der Waals surface area contributed by atoms with E-state index in [1.807, 2.05) is 24.0 Å². The summed E-state index contributed by atoms with van der Waals surface area (Å²) in [7, 11) is 1.80. The Bertz CT molecular complexity index is 735. The second kappa shape index (κ2) is 6.74. The third-order valence-electron chi connectivity index (χ3n) is 4.11. The molecule has 128 valence electrons. The molecule has 1 amide bonds. The van der Waals surface area contributed by atoms with Gasteiger partial charge in [0.05, 0.1) is 4.88 Å². The summed E-state index contributed by atoms with van der Waals surface area (Å²) >= 11 is 1.45. The molecule has 0 spiro atoms. The highest BCUT2D eigenvalue weighted by Crippen LogP contribution is 2.26. The van der Waals surface area contributed by atoms with Gasteiger partial charge in [-0.05, 0) is 25.5 Å². The molecule has 1 aliphatic rings. The Morgan fingerprint density at radius 1 is 1.46 bits per heavy atom. The van der Waals surface area contributed by atoms with E-state index in [1.54, 1.807) is 13.1 Å². The predicted octanol–water partition coefficient (Wildman–Crippen LogP) is 1.26. The summed E-state index contributed by atoms with van der Waals surface area (Å²) in [6, 6.07) is 5.57. The van der Waals surface area contributed by atoms with Crippen LogP contribution in [0, 0.1) is 6.92 Å². The molecule has 3 rings (SSSR count). The van der Waals surface area contributed by atoms with Crippen molar-refractivity contribution >= 4 is 28.9 Å². The van der Waals surface area contributed by atoms with Gasteiger partial charge in [0.15, 0.2) is 0 Å². The number of β-amino-alcohol motifs (C(OH)–C–C–N with tert-alkyl or cyclic N) is 1. The van der Waals surface area contributed by atoms with Crippen molar-refractivity contribution in [2.75, 3.05) is 36.9 Å². The van der Waals surface area contributed by atoms with Gasteiger partial charge in [-0.2, -0.15) is 0 Å². The topological polar surface area (TPSA) is 90.4 Å². The van der Waals surface area contributed by atoms with E-state index in [2.05, 4.69) is 20.6 Å². The van der Waals surface area contributed by atoms with Gasteiger partial charge in [0.25, 0.3) is 5.91 Å². The van der Waals surface area contributed by atoms with Crippen molar-refractivity contribution in [3.8, 4) is 0 Å². The standard InChI is InChI=1S/C16H21N5O2S/c1-11-3-4-12(24-11)15(22)18-8-16(23)5-6-21(9-16)14-7-13(17-2)19-10-20-14/h3-4,7,10,23H,5-6,8-9H2,1-2H3,(H,18,22)(H,17,19,20)/t16-/m0/s1. The van der Waals surface area contributed by atoms with Crippen molar-refractivity contribution in [2.45, 2.75) is 18.9 Å².